The van der Waals surface area contributed by atoms with Crippen molar-refractivity contribution in [3.63, 3.8) is 0 Å². The summed E-state index contributed by atoms with van der Waals surface area (Å²) in [4.78, 5) is 14.1. The molecule has 0 saturated carbocycles. The van der Waals surface area contributed by atoms with Gasteiger partial charge in [-0.2, -0.15) is 0 Å². The summed E-state index contributed by atoms with van der Waals surface area (Å²) in [6.45, 7) is 13.7. The molecule has 164 valence electrons. The molecule has 0 bridgehead atoms. The molecule has 1 aromatic heterocycles. The van der Waals surface area contributed by atoms with Gasteiger partial charge in [0.25, 0.3) is 0 Å². The van der Waals surface area contributed by atoms with E-state index in [1.54, 1.807) is 0 Å². The number of benzene rings is 1. The van der Waals surface area contributed by atoms with Gasteiger partial charge < -0.3 is 14.7 Å². The summed E-state index contributed by atoms with van der Waals surface area (Å²) in [5.41, 5.74) is 3.54. The number of aliphatic hydroxyl groups is 1. The van der Waals surface area contributed by atoms with Gasteiger partial charge in [-0.3, -0.25) is 4.90 Å². The first-order chi connectivity index (χ1) is 14.4. The molecule has 0 spiro atoms. The maximum Gasteiger partial charge on any atom is 0.136 e. The maximum atomic E-state index is 10.3. The maximum absolute atomic E-state index is 10.3. The van der Waals surface area contributed by atoms with E-state index >= 15 is 0 Å². The van der Waals surface area contributed by atoms with E-state index in [2.05, 4.69) is 59.8 Å². The number of rotatable bonds is 9. The SMILES string of the molecule is Cc1nc(C)c(Cc2ccccc2)c(N2CCN(C[C@H](O)COCC(C)C)CC2)n1. The molecule has 1 atom stereocenters. The molecule has 2 heterocycles. The van der Waals surface area contributed by atoms with Crippen molar-refractivity contribution in [2.75, 3.05) is 50.8 Å². The van der Waals surface area contributed by atoms with Crippen LogP contribution in [-0.2, 0) is 11.2 Å². The minimum absolute atomic E-state index is 0.407. The number of aromatic nitrogens is 2. The third kappa shape index (κ3) is 6.49. The molecule has 6 heteroatoms. The molecular formula is C24H36N4O2. The van der Waals surface area contributed by atoms with Crippen molar-refractivity contribution in [3.05, 3.63) is 53.0 Å². The Balaban J connectivity index is 1.61. The Kier molecular flexibility index (Phi) is 8.19. The first-order valence-electron chi connectivity index (χ1n) is 11.0. The quantitative estimate of drug-likeness (QED) is 0.683. The zero-order valence-electron chi connectivity index (χ0n) is 18.8. The number of β-amino-alcohol motifs (C(OH)–C–C–N with tert-alkyl or cyclic N) is 1. The molecule has 3 rings (SSSR count). The van der Waals surface area contributed by atoms with E-state index < -0.39 is 6.10 Å². The van der Waals surface area contributed by atoms with Crippen molar-refractivity contribution >= 4 is 5.82 Å². The van der Waals surface area contributed by atoms with E-state index in [0.717, 1.165) is 49.9 Å². The topological polar surface area (TPSA) is 61.7 Å². The van der Waals surface area contributed by atoms with Gasteiger partial charge in [-0.05, 0) is 25.3 Å². The molecule has 1 aliphatic heterocycles. The van der Waals surface area contributed by atoms with Crippen LogP contribution in [0.2, 0.25) is 0 Å². The second kappa shape index (κ2) is 10.8. The van der Waals surface area contributed by atoms with Gasteiger partial charge in [-0.1, -0.05) is 44.2 Å². The van der Waals surface area contributed by atoms with Crippen LogP contribution in [0.1, 0.15) is 36.5 Å². The van der Waals surface area contributed by atoms with Gasteiger partial charge in [0.05, 0.1) is 12.7 Å². The zero-order valence-corrected chi connectivity index (χ0v) is 18.8. The first kappa shape index (κ1) is 22.7. The summed E-state index contributed by atoms with van der Waals surface area (Å²) in [7, 11) is 0. The lowest BCUT2D eigenvalue weighted by Crippen LogP contribution is -2.49. The van der Waals surface area contributed by atoms with E-state index in [9.17, 15) is 5.11 Å². The van der Waals surface area contributed by atoms with Crippen molar-refractivity contribution in [3.8, 4) is 0 Å². The average molecular weight is 413 g/mol. The summed E-state index contributed by atoms with van der Waals surface area (Å²) in [6.07, 6.45) is 0.404. The Morgan fingerprint density at radius 3 is 2.37 bits per heavy atom. The summed E-state index contributed by atoms with van der Waals surface area (Å²) in [6, 6.07) is 10.5. The Morgan fingerprint density at radius 2 is 1.70 bits per heavy atom. The fraction of sp³-hybridized carbons (Fsp3) is 0.583. The lowest BCUT2D eigenvalue weighted by atomic mass is 10.0. The highest BCUT2D eigenvalue weighted by Gasteiger charge is 2.23. The minimum Gasteiger partial charge on any atom is -0.389 e. The van der Waals surface area contributed by atoms with Gasteiger partial charge in [0.1, 0.15) is 11.6 Å². The fourth-order valence-corrected chi connectivity index (χ4v) is 3.92. The molecule has 1 saturated heterocycles. The summed E-state index contributed by atoms with van der Waals surface area (Å²) in [5.74, 6) is 2.37. The van der Waals surface area contributed by atoms with Crippen LogP contribution in [0.5, 0.6) is 0 Å². The Bertz CT molecular complexity index is 789. The van der Waals surface area contributed by atoms with Crippen LogP contribution in [-0.4, -0.2) is 72.0 Å². The van der Waals surface area contributed by atoms with Gasteiger partial charge >= 0.3 is 0 Å². The van der Waals surface area contributed by atoms with Crippen molar-refractivity contribution in [1.82, 2.24) is 14.9 Å². The molecule has 2 aromatic rings. The number of anilines is 1. The Hall–Kier alpha value is -2.02. The lowest BCUT2D eigenvalue weighted by Gasteiger charge is -2.37. The monoisotopic (exact) mass is 412 g/mol. The van der Waals surface area contributed by atoms with Gasteiger partial charge in [-0.25, -0.2) is 9.97 Å². The number of nitrogens with zero attached hydrogens (tertiary/aromatic N) is 4. The normalized spacial score (nSPS) is 16.3. The van der Waals surface area contributed by atoms with E-state index in [1.807, 2.05) is 13.0 Å². The third-order valence-corrected chi connectivity index (χ3v) is 5.43. The van der Waals surface area contributed by atoms with Crippen LogP contribution in [0, 0.1) is 19.8 Å². The van der Waals surface area contributed by atoms with Crippen LogP contribution in [0.15, 0.2) is 30.3 Å². The fourth-order valence-electron chi connectivity index (χ4n) is 3.92. The van der Waals surface area contributed by atoms with E-state index in [-0.39, 0.29) is 0 Å². The minimum atomic E-state index is -0.438. The molecule has 30 heavy (non-hydrogen) atoms. The van der Waals surface area contributed by atoms with Crippen LogP contribution >= 0.6 is 0 Å². The molecule has 1 fully saturated rings. The van der Waals surface area contributed by atoms with Crippen molar-refractivity contribution in [2.24, 2.45) is 5.92 Å². The average Bonchev–Trinajstić information content (AvgIpc) is 2.71. The number of piperazine rings is 1. The molecule has 0 amide bonds. The number of hydrogen-bond acceptors (Lipinski definition) is 6. The molecule has 0 radical (unpaired) electrons. The van der Waals surface area contributed by atoms with Gasteiger partial charge in [-0.15, -0.1) is 0 Å². The van der Waals surface area contributed by atoms with Gasteiger partial charge in [0.2, 0.25) is 0 Å². The summed E-state index contributed by atoms with van der Waals surface area (Å²) < 4.78 is 5.58. The third-order valence-electron chi connectivity index (χ3n) is 5.43. The molecule has 1 N–H and O–H groups in total. The predicted molar refractivity (Wildman–Crippen MR) is 121 cm³/mol. The Labute approximate surface area is 180 Å². The molecule has 6 nitrogen and oxygen atoms in total. The number of ether oxygens (including phenoxy) is 1. The second-order valence-electron chi connectivity index (χ2n) is 8.69. The Morgan fingerprint density at radius 1 is 1.00 bits per heavy atom. The van der Waals surface area contributed by atoms with Gasteiger partial charge in [0, 0.05) is 57.0 Å². The van der Waals surface area contributed by atoms with E-state index in [1.165, 1.54) is 11.1 Å². The van der Waals surface area contributed by atoms with Crippen molar-refractivity contribution in [1.29, 1.82) is 0 Å². The zero-order chi connectivity index (χ0) is 21.5. The first-order valence-corrected chi connectivity index (χ1v) is 11.0. The molecule has 0 unspecified atom stereocenters. The van der Waals surface area contributed by atoms with Crippen molar-refractivity contribution in [2.45, 2.75) is 40.2 Å². The lowest BCUT2D eigenvalue weighted by molar-refractivity contribution is 0.00745. The summed E-state index contributed by atoms with van der Waals surface area (Å²) in [5, 5.41) is 10.3. The van der Waals surface area contributed by atoms with E-state index in [0.29, 0.717) is 25.7 Å². The predicted octanol–water partition coefficient (Wildman–Crippen LogP) is 2.84. The highest BCUT2D eigenvalue weighted by Crippen LogP contribution is 2.25. The smallest absolute Gasteiger partial charge is 0.136 e. The van der Waals surface area contributed by atoms with Gasteiger partial charge in [0.15, 0.2) is 0 Å². The van der Waals surface area contributed by atoms with Crippen LogP contribution < -0.4 is 4.90 Å². The molecule has 1 aromatic carbocycles. The van der Waals surface area contributed by atoms with Crippen LogP contribution in [0.3, 0.4) is 0 Å². The number of aryl methyl sites for hydroxylation is 2. The highest BCUT2D eigenvalue weighted by atomic mass is 16.5. The number of hydrogen-bond donors (Lipinski definition) is 1. The highest BCUT2D eigenvalue weighted by molar-refractivity contribution is 5.51. The second-order valence-corrected chi connectivity index (χ2v) is 8.69. The van der Waals surface area contributed by atoms with Crippen LogP contribution in [0.4, 0.5) is 5.82 Å². The van der Waals surface area contributed by atoms with E-state index in [4.69, 9.17) is 9.72 Å². The molecule has 0 aliphatic carbocycles. The molecule has 1 aliphatic rings. The van der Waals surface area contributed by atoms with Crippen molar-refractivity contribution < 1.29 is 9.84 Å². The standard InChI is InChI=1S/C24H36N4O2/c1-18(2)16-30-17-22(29)15-27-10-12-28(13-11-27)24-23(19(3)25-20(4)26-24)14-21-8-6-5-7-9-21/h5-9,18,22,29H,10-17H2,1-4H3/t22-/m0/s1. The van der Waals surface area contributed by atoms with Crippen LogP contribution in [0.25, 0.3) is 0 Å². The number of aliphatic hydroxyl groups excluding tert-OH is 1. The largest absolute Gasteiger partial charge is 0.389 e. The summed E-state index contributed by atoms with van der Waals surface area (Å²) >= 11 is 0. The molecular weight excluding hydrogens is 376 g/mol.